The van der Waals surface area contributed by atoms with Gasteiger partial charge in [-0.3, -0.25) is 9.80 Å². The average molecular weight is 568 g/mol. The van der Waals surface area contributed by atoms with E-state index in [9.17, 15) is 0 Å². The van der Waals surface area contributed by atoms with Crippen LogP contribution in [0.15, 0.2) is 60.7 Å². The Bertz CT molecular complexity index is 872. The number of likely N-dealkylation sites (tertiary alicyclic amines) is 2. The SMILES string of the molecule is CCO[Si](CCCN(C[C@@H]1CCCN1Cc1ccccc1)C[C@@H]1CCCN1Cc1ccccc1)(OCC)OCC. The summed E-state index contributed by atoms with van der Waals surface area (Å²) in [4.78, 5) is 8.21. The van der Waals surface area contributed by atoms with Crippen LogP contribution < -0.4 is 0 Å². The molecule has 0 radical (unpaired) electrons. The molecule has 0 N–H and O–H groups in total. The van der Waals surface area contributed by atoms with Gasteiger partial charge in [0.25, 0.3) is 0 Å². The number of rotatable bonds is 18. The maximum absolute atomic E-state index is 6.19. The van der Waals surface area contributed by atoms with E-state index in [0.717, 1.165) is 45.2 Å². The van der Waals surface area contributed by atoms with E-state index in [1.807, 2.05) is 0 Å². The van der Waals surface area contributed by atoms with Gasteiger partial charge in [0.2, 0.25) is 0 Å². The average Bonchev–Trinajstić information content (AvgIpc) is 3.59. The Morgan fingerprint density at radius 1 is 0.700 bits per heavy atom. The third kappa shape index (κ3) is 9.48. The van der Waals surface area contributed by atoms with Crippen molar-refractivity contribution in [1.29, 1.82) is 0 Å². The van der Waals surface area contributed by atoms with Crippen LogP contribution in [0.25, 0.3) is 0 Å². The highest BCUT2D eigenvalue weighted by Crippen LogP contribution is 2.26. The molecule has 2 aliphatic rings. The van der Waals surface area contributed by atoms with Crippen molar-refractivity contribution < 1.29 is 13.3 Å². The molecule has 7 heteroatoms. The number of benzene rings is 2. The van der Waals surface area contributed by atoms with Crippen LogP contribution in [-0.4, -0.2) is 88.1 Å². The Balaban J connectivity index is 1.43. The predicted octanol–water partition coefficient (Wildman–Crippen LogP) is 6.06. The largest absolute Gasteiger partial charge is 0.500 e. The summed E-state index contributed by atoms with van der Waals surface area (Å²) in [6.07, 6.45) is 6.21. The van der Waals surface area contributed by atoms with Gasteiger partial charge in [-0.05, 0) is 83.6 Å². The fourth-order valence-corrected chi connectivity index (χ4v) is 9.22. The first-order chi connectivity index (χ1) is 19.6. The number of nitrogens with zero attached hydrogens (tertiary/aromatic N) is 3. The lowest BCUT2D eigenvalue weighted by molar-refractivity contribution is 0.0687. The van der Waals surface area contributed by atoms with E-state index in [-0.39, 0.29) is 0 Å². The van der Waals surface area contributed by atoms with E-state index >= 15 is 0 Å². The zero-order valence-electron chi connectivity index (χ0n) is 25.3. The lowest BCUT2D eigenvalue weighted by Crippen LogP contribution is -2.48. The molecule has 2 aromatic rings. The Kier molecular flexibility index (Phi) is 13.1. The summed E-state index contributed by atoms with van der Waals surface area (Å²) in [5, 5.41) is 0. The quantitative estimate of drug-likeness (QED) is 0.204. The minimum absolute atomic E-state index is 0.608. The van der Waals surface area contributed by atoms with Gasteiger partial charge in [-0.25, -0.2) is 0 Å². The summed E-state index contributed by atoms with van der Waals surface area (Å²) in [6, 6.07) is 24.1. The molecule has 0 aromatic heterocycles. The Morgan fingerprint density at radius 2 is 1.15 bits per heavy atom. The van der Waals surface area contributed by atoms with Gasteiger partial charge in [-0.2, -0.15) is 0 Å². The fraction of sp³-hybridized carbons (Fsp3) is 0.636. The molecule has 222 valence electrons. The lowest BCUT2D eigenvalue weighted by atomic mass is 10.1. The van der Waals surface area contributed by atoms with Crippen LogP contribution in [0.1, 0.15) is 64.0 Å². The summed E-state index contributed by atoms with van der Waals surface area (Å²) in [7, 11) is -2.63. The molecule has 2 heterocycles. The zero-order chi connectivity index (χ0) is 28.0. The summed E-state index contributed by atoms with van der Waals surface area (Å²) in [5.74, 6) is 0. The molecule has 0 aliphatic carbocycles. The van der Waals surface area contributed by atoms with Gasteiger partial charge < -0.3 is 18.2 Å². The van der Waals surface area contributed by atoms with Crippen LogP contribution in [0.2, 0.25) is 6.04 Å². The minimum atomic E-state index is -2.63. The Hall–Kier alpha value is -1.58. The number of hydrogen-bond donors (Lipinski definition) is 0. The van der Waals surface area contributed by atoms with E-state index in [0.29, 0.717) is 31.9 Å². The minimum Gasteiger partial charge on any atom is -0.374 e. The second-order valence-electron chi connectivity index (χ2n) is 11.3. The molecule has 0 amide bonds. The topological polar surface area (TPSA) is 37.4 Å². The maximum atomic E-state index is 6.19. The normalized spacial score (nSPS) is 20.6. The smallest absolute Gasteiger partial charge is 0.374 e. The van der Waals surface area contributed by atoms with Crippen LogP contribution in [-0.2, 0) is 26.4 Å². The Morgan fingerprint density at radius 3 is 1.57 bits per heavy atom. The fourth-order valence-electron chi connectivity index (χ4n) is 6.63. The van der Waals surface area contributed by atoms with E-state index in [2.05, 4.69) is 96.1 Å². The molecule has 6 nitrogen and oxygen atoms in total. The summed E-state index contributed by atoms with van der Waals surface area (Å²) in [5.41, 5.74) is 2.85. The van der Waals surface area contributed by atoms with Crippen LogP contribution in [0.4, 0.5) is 0 Å². The van der Waals surface area contributed by atoms with Gasteiger partial charge in [0.15, 0.2) is 0 Å². The molecule has 0 bridgehead atoms. The van der Waals surface area contributed by atoms with Crippen LogP contribution >= 0.6 is 0 Å². The lowest BCUT2D eigenvalue weighted by Gasteiger charge is -2.35. The van der Waals surface area contributed by atoms with Gasteiger partial charge in [0.1, 0.15) is 0 Å². The molecule has 2 aliphatic heterocycles. The predicted molar refractivity (Wildman–Crippen MR) is 166 cm³/mol. The molecule has 40 heavy (non-hydrogen) atoms. The Labute approximate surface area is 245 Å². The second kappa shape index (κ2) is 16.8. The molecule has 2 fully saturated rings. The molecule has 4 rings (SSSR count). The van der Waals surface area contributed by atoms with Gasteiger partial charge >= 0.3 is 8.80 Å². The van der Waals surface area contributed by atoms with Gasteiger partial charge in [0.05, 0.1) is 0 Å². The van der Waals surface area contributed by atoms with Crippen molar-refractivity contribution in [2.24, 2.45) is 0 Å². The second-order valence-corrected chi connectivity index (χ2v) is 14.1. The van der Waals surface area contributed by atoms with Crippen molar-refractivity contribution in [2.45, 2.75) is 84.1 Å². The van der Waals surface area contributed by atoms with Crippen LogP contribution in [0.5, 0.6) is 0 Å². The molecule has 0 saturated carbocycles. The first-order valence-electron chi connectivity index (χ1n) is 15.8. The molecule has 2 saturated heterocycles. The van der Waals surface area contributed by atoms with E-state index in [4.69, 9.17) is 13.3 Å². The summed E-state index contributed by atoms with van der Waals surface area (Å²) < 4.78 is 18.6. The van der Waals surface area contributed by atoms with Crippen molar-refractivity contribution >= 4 is 8.80 Å². The molecule has 2 aromatic carbocycles. The monoisotopic (exact) mass is 567 g/mol. The van der Waals surface area contributed by atoms with Crippen molar-refractivity contribution in [2.75, 3.05) is 52.5 Å². The summed E-state index contributed by atoms with van der Waals surface area (Å²) >= 11 is 0. The maximum Gasteiger partial charge on any atom is 0.500 e. The van der Waals surface area contributed by atoms with Crippen molar-refractivity contribution in [3.63, 3.8) is 0 Å². The van der Waals surface area contributed by atoms with Gasteiger partial charge in [0, 0.05) is 64.1 Å². The first-order valence-corrected chi connectivity index (χ1v) is 17.8. The third-order valence-corrected chi connectivity index (χ3v) is 11.6. The van der Waals surface area contributed by atoms with Crippen LogP contribution in [0.3, 0.4) is 0 Å². The highest BCUT2D eigenvalue weighted by Gasteiger charge is 2.40. The van der Waals surface area contributed by atoms with E-state index in [1.54, 1.807) is 0 Å². The van der Waals surface area contributed by atoms with Crippen molar-refractivity contribution in [3.8, 4) is 0 Å². The third-order valence-electron chi connectivity index (χ3n) is 8.44. The molecule has 2 atom stereocenters. The number of hydrogen-bond acceptors (Lipinski definition) is 6. The molecule has 0 spiro atoms. The van der Waals surface area contributed by atoms with Crippen LogP contribution in [0, 0.1) is 0 Å². The highest BCUT2D eigenvalue weighted by molar-refractivity contribution is 6.60. The molecular formula is C33H53N3O3Si. The first kappa shape index (κ1) is 31.4. The summed E-state index contributed by atoms with van der Waals surface area (Å²) in [6.45, 7) is 15.9. The van der Waals surface area contributed by atoms with E-state index in [1.165, 1.54) is 49.9 Å². The van der Waals surface area contributed by atoms with Crippen molar-refractivity contribution in [3.05, 3.63) is 71.8 Å². The highest BCUT2D eigenvalue weighted by atomic mass is 28.4. The van der Waals surface area contributed by atoms with Gasteiger partial charge in [-0.15, -0.1) is 0 Å². The zero-order valence-corrected chi connectivity index (χ0v) is 26.3. The standard InChI is InChI=1S/C33H53N3O3Si/c1-4-37-40(38-5-2,39-6-3)25-15-22-34(28-32-20-13-23-35(32)26-30-16-9-7-10-17-30)29-33-21-14-24-36(33)27-31-18-11-8-12-19-31/h7-12,16-19,32-33H,4-6,13-15,20-29H2,1-3H3/t32-,33-/m0/s1. The van der Waals surface area contributed by atoms with E-state index < -0.39 is 8.80 Å². The molecule has 0 unspecified atom stereocenters. The van der Waals surface area contributed by atoms with Crippen molar-refractivity contribution in [1.82, 2.24) is 14.7 Å². The molecular weight excluding hydrogens is 514 g/mol. The van der Waals surface area contributed by atoms with Gasteiger partial charge in [-0.1, -0.05) is 60.7 Å².